The van der Waals surface area contributed by atoms with E-state index in [4.69, 9.17) is 4.74 Å². The first kappa shape index (κ1) is 25.7. The Labute approximate surface area is 226 Å². The highest BCUT2D eigenvalue weighted by Gasteiger charge is 2.61. The number of benzene rings is 2. The van der Waals surface area contributed by atoms with Crippen molar-refractivity contribution in [2.45, 2.75) is 42.7 Å². The van der Waals surface area contributed by atoms with Crippen molar-refractivity contribution < 1.29 is 27.1 Å². The van der Waals surface area contributed by atoms with Gasteiger partial charge in [0.1, 0.15) is 18.2 Å². The predicted octanol–water partition coefficient (Wildman–Crippen LogP) is 2.56. The monoisotopic (exact) mass is 552 g/mol. The minimum Gasteiger partial charge on any atom is -0.492 e. The summed E-state index contributed by atoms with van der Waals surface area (Å²) < 4.78 is 49.4. The number of hydrogen-bond acceptors (Lipinski definition) is 6. The van der Waals surface area contributed by atoms with Crippen LogP contribution in [-0.4, -0.2) is 53.9 Å². The van der Waals surface area contributed by atoms with Crippen LogP contribution in [0.2, 0.25) is 0 Å². The predicted molar refractivity (Wildman–Crippen MR) is 139 cm³/mol. The van der Waals surface area contributed by atoms with Gasteiger partial charge in [-0.3, -0.25) is 14.5 Å². The second-order valence-corrected chi connectivity index (χ2v) is 12.2. The molecular weight excluding hydrogens is 523 g/mol. The summed E-state index contributed by atoms with van der Waals surface area (Å²) in [7, 11) is -2.06. The molecule has 3 aliphatic rings. The third-order valence-corrected chi connectivity index (χ3v) is 9.28. The van der Waals surface area contributed by atoms with Crippen LogP contribution in [0.15, 0.2) is 60.0 Å². The van der Waals surface area contributed by atoms with Gasteiger partial charge in [-0.2, -0.15) is 0 Å². The van der Waals surface area contributed by atoms with Crippen LogP contribution in [0.5, 0.6) is 5.75 Å². The van der Waals surface area contributed by atoms with Gasteiger partial charge in [-0.05, 0) is 60.6 Å². The number of sulfonamides is 1. The Morgan fingerprint density at radius 3 is 2.62 bits per heavy atom. The Balaban J connectivity index is 1.22. The topological polar surface area (TPSA) is 111 Å². The van der Waals surface area contributed by atoms with Gasteiger partial charge in [0.25, 0.3) is 10.0 Å². The van der Waals surface area contributed by atoms with Gasteiger partial charge >= 0.3 is 0 Å². The first-order valence-corrected chi connectivity index (χ1v) is 14.5. The van der Waals surface area contributed by atoms with Gasteiger partial charge in [0.05, 0.1) is 18.2 Å². The quantitative estimate of drug-likeness (QED) is 0.323. The number of nitrogens with zero attached hydrogens (tertiary/aromatic N) is 3. The van der Waals surface area contributed by atoms with Gasteiger partial charge in [-0.15, -0.1) is 0 Å². The summed E-state index contributed by atoms with van der Waals surface area (Å²) in [5.74, 6) is -0.684. The number of aromatic nitrogens is 2. The Kier molecular flexibility index (Phi) is 6.50. The number of halogens is 1. The SMILES string of the molecule is Cn1cnc(S(=O)(=O)NCCOc2ccc3c(c2)C(Cc2ccccc2F)C(N2C(=O)[C@H]4C[C@H]4C2=O)CC3)c1. The number of amides is 2. The fraction of sp³-hybridized carbons (Fsp3) is 0.393. The fourth-order valence-corrected chi connectivity index (χ4v) is 6.87. The smallest absolute Gasteiger partial charge is 0.259 e. The van der Waals surface area contributed by atoms with Gasteiger partial charge in [0, 0.05) is 31.7 Å². The molecule has 2 amide bonds. The van der Waals surface area contributed by atoms with Gasteiger partial charge in [-0.25, -0.2) is 22.5 Å². The highest BCUT2D eigenvalue weighted by Crippen LogP contribution is 2.50. The van der Waals surface area contributed by atoms with Gasteiger partial charge in [0.15, 0.2) is 5.03 Å². The Morgan fingerprint density at radius 2 is 1.90 bits per heavy atom. The highest BCUT2D eigenvalue weighted by molar-refractivity contribution is 7.89. The van der Waals surface area contributed by atoms with E-state index in [1.54, 1.807) is 29.8 Å². The lowest BCUT2D eigenvalue weighted by atomic mass is 9.75. The third-order valence-electron chi connectivity index (χ3n) is 7.94. The first-order chi connectivity index (χ1) is 18.7. The molecule has 1 N–H and O–H groups in total. The van der Waals surface area contributed by atoms with E-state index in [0.29, 0.717) is 37.0 Å². The number of rotatable bonds is 9. The minimum absolute atomic E-state index is 0.0385. The van der Waals surface area contributed by atoms with E-state index in [-0.39, 0.29) is 59.6 Å². The molecule has 2 aliphatic carbocycles. The fourth-order valence-electron chi connectivity index (χ4n) is 5.88. The van der Waals surface area contributed by atoms with Crippen LogP contribution in [0, 0.1) is 17.7 Å². The van der Waals surface area contributed by atoms with Crippen LogP contribution < -0.4 is 9.46 Å². The molecule has 2 heterocycles. The molecular formula is C28H29FN4O5S. The zero-order valence-electron chi connectivity index (χ0n) is 21.4. The molecule has 204 valence electrons. The number of carbonyl (C=O) groups excluding carboxylic acids is 2. The van der Waals surface area contributed by atoms with Gasteiger partial charge < -0.3 is 9.30 Å². The van der Waals surface area contributed by atoms with Crippen LogP contribution in [-0.2, 0) is 39.5 Å². The molecule has 0 radical (unpaired) electrons. The summed E-state index contributed by atoms with van der Waals surface area (Å²) in [6.45, 7) is 0.121. The molecule has 2 fully saturated rings. The molecule has 4 atom stereocenters. The largest absolute Gasteiger partial charge is 0.492 e. The molecule has 1 aromatic heterocycles. The van der Waals surface area contributed by atoms with E-state index in [1.807, 2.05) is 18.2 Å². The highest BCUT2D eigenvalue weighted by atomic mass is 32.2. The van der Waals surface area contributed by atoms with Crippen LogP contribution in [0.25, 0.3) is 0 Å². The molecule has 1 saturated heterocycles. The lowest BCUT2D eigenvalue weighted by Gasteiger charge is -2.39. The molecule has 1 saturated carbocycles. The van der Waals surface area contributed by atoms with Crippen molar-refractivity contribution in [3.8, 4) is 5.75 Å². The second kappa shape index (κ2) is 9.87. The van der Waals surface area contributed by atoms with E-state index >= 15 is 0 Å². The van der Waals surface area contributed by atoms with E-state index in [1.165, 1.54) is 23.5 Å². The lowest BCUT2D eigenvalue weighted by molar-refractivity contribution is -0.145. The molecule has 39 heavy (non-hydrogen) atoms. The number of carbonyl (C=O) groups is 2. The number of ether oxygens (including phenoxy) is 1. The number of imidazole rings is 1. The molecule has 0 spiro atoms. The zero-order chi connectivity index (χ0) is 27.3. The Hall–Kier alpha value is -3.57. The molecule has 11 heteroatoms. The number of imide groups is 1. The van der Waals surface area contributed by atoms with Gasteiger partial charge in [0.2, 0.25) is 11.8 Å². The summed E-state index contributed by atoms with van der Waals surface area (Å²) >= 11 is 0. The Bertz CT molecular complexity index is 1530. The lowest BCUT2D eigenvalue weighted by Crippen LogP contribution is -2.47. The molecule has 6 rings (SSSR count). The van der Waals surface area contributed by atoms with Crippen LogP contribution in [0.4, 0.5) is 4.39 Å². The Morgan fingerprint density at radius 1 is 1.13 bits per heavy atom. The summed E-state index contributed by atoms with van der Waals surface area (Å²) in [6, 6.07) is 11.9. The molecule has 3 aromatic rings. The summed E-state index contributed by atoms with van der Waals surface area (Å²) in [5, 5.41) is -0.0653. The van der Waals surface area contributed by atoms with Crippen LogP contribution in [0.1, 0.15) is 35.4 Å². The average Bonchev–Trinajstić information content (AvgIpc) is 3.53. The van der Waals surface area contributed by atoms with Crippen molar-refractivity contribution in [2.75, 3.05) is 13.2 Å². The standard InChI is InChI=1S/C28H29FN4O5S/c1-32-15-26(30-16-32)39(36,37)31-10-11-38-19-8-6-17-7-9-25(33-27(34)22-14-23(22)28(33)35)21(20(17)13-19)12-18-4-2-3-5-24(18)29/h2-6,8,13,15-16,21-23,25,31H,7,9-12,14H2,1H3/t21?,22-,23+,25?. The maximum absolute atomic E-state index is 14.7. The van der Waals surface area contributed by atoms with Crippen LogP contribution in [0.3, 0.4) is 0 Å². The molecule has 0 bridgehead atoms. The van der Waals surface area contributed by atoms with E-state index in [9.17, 15) is 22.4 Å². The summed E-state index contributed by atoms with van der Waals surface area (Å²) in [6.07, 6.45) is 5.11. The summed E-state index contributed by atoms with van der Waals surface area (Å²) in [5.41, 5.74) is 2.52. The van der Waals surface area contributed by atoms with Crippen molar-refractivity contribution in [3.05, 3.63) is 77.5 Å². The molecule has 2 aromatic carbocycles. The van der Waals surface area contributed by atoms with Crippen molar-refractivity contribution in [2.24, 2.45) is 18.9 Å². The number of piperidine rings is 1. The number of nitrogens with one attached hydrogen (secondary N) is 1. The normalized spacial score (nSPS) is 24.0. The number of aryl methyl sites for hydroxylation is 2. The van der Waals surface area contributed by atoms with Crippen molar-refractivity contribution in [1.82, 2.24) is 19.2 Å². The van der Waals surface area contributed by atoms with E-state index in [0.717, 1.165) is 11.1 Å². The third kappa shape index (κ3) is 4.85. The number of likely N-dealkylation sites (tertiary alicyclic amines) is 1. The average molecular weight is 553 g/mol. The zero-order valence-corrected chi connectivity index (χ0v) is 22.2. The molecule has 2 unspecified atom stereocenters. The minimum atomic E-state index is -3.75. The van der Waals surface area contributed by atoms with Crippen LogP contribution >= 0.6 is 0 Å². The van der Waals surface area contributed by atoms with E-state index in [2.05, 4.69) is 9.71 Å². The number of fused-ring (bicyclic) bond motifs is 2. The maximum Gasteiger partial charge on any atom is 0.259 e. The van der Waals surface area contributed by atoms with E-state index < -0.39 is 10.0 Å². The van der Waals surface area contributed by atoms with Crippen molar-refractivity contribution >= 4 is 21.8 Å². The summed E-state index contributed by atoms with van der Waals surface area (Å²) in [4.78, 5) is 31.3. The number of hydrogen-bond donors (Lipinski definition) is 1. The molecule has 1 aliphatic heterocycles. The second-order valence-electron chi connectivity index (χ2n) is 10.5. The van der Waals surface area contributed by atoms with Gasteiger partial charge in [-0.1, -0.05) is 24.3 Å². The van der Waals surface area contributed by atoms with Crippen molar-refractivity contribution in [1.29, 1.82) is 0 Å². The first-order valence-electron chi connectivity index (χ1n) is 13.1. The maximum atomic E-state index is 14.7. The van der Waals surface area contributed by atoms with Crippen molar-refractivity contribution in [3.63, 3.8) is 0 Å². The molecule has 9 nitrogen and oxygen atoms in total.